The Kier molecular flexibility index (Phi) is 47.1. The number of hydrogen-bond donors (Lipinski definition) is 9. The smallest absolute Gasteiger partial charge is 0.0633 e. The monoisotopic (exact) mass is 1410 g/mol. The lowest BCUT2D eigenvalue weighted by Gasteiger charge is -2.23. The van der Waals surface area contributed by atoms with Crippen molar-refractivity contribution in [2.75, 3.05) is 46.0 Å². The second-order valence-electron chi connectivity index (χ2n) is 29.8. The quantitative estimate of drug-likeness (QED) is 0.0174. The van der Waals surface area contributed by atoms with Gasteiger partial charge in [-0.2, -0.15) is 0 Å². The van der Waals surface area contributed by atoms with Gasteiger partial charge in [0, 0.05) is 68.5 Å². The highest BCUT2D eigenvalue weighted by Crippen LogP contribution is 2.21. The van der Waals surface area contributed by atoms with Crippen LogP contribution in [-0.4, -0.2) is 94.4 Å². The molecular formula is C93H139N9O2. The maximum Gasteiger partial charge on any atom is 0.0633 e. The van der Waals surface area contributed by atoms with E-state index in [9.17, 15) is 0 Å². The van der Waals surface area contributed by atoms with Crippen LogP contribution in [0.1, 0.15) is 163 Å². The molecule has 4 unspecified atom stereocenters. The summed E-state index contributed by atoms with van der Waals surface area (Å²) in [4.78, 5) is 0. The van der Waals surface area contributed by atoms with E-state index in [4.69, 9.17) is 49.6 Å². The average molecular weight is 1420 g/mol. The standard InChI is InChI=1S/C26H41N3.C25H39N3.C22H31NO.C20H28N2O/c1-21(2)26(28)18-17-25(27)20-29-19-24(15-13-22-9-5-3-6-10-22)16-14-23-11-7-4-8-12-23;1-20(2)25(27)18-15-23(26)19-28-24(16-13-21-9-5-3-6-10-21)17-14-22-11-7-4-8-12-22;1-2-22(23)18-24-17-21(15-13-19-9-5-3-6-10-19)16-14-20-11-7-4-8-12-20;21-15-19(22)16-23-20(13-11-17-7-3-1-4-8-17)14-12-18-9-5-2-6-10-18/h3-12,21,24-26,29H,13-20,27-28H2,1-2H3;3-12,20,23-25,28H,13-19,26-27H2,1-2H3;3-12,21-22H,2,13-18,23H2,1H3;1-10,19-20H,11-16,21-22H2/t25-,26?;23-,25?;;/m00../s1. The van der Waals surface area contributed by atoms with Gasteiger partial charge in [0.05, 0.1) is 19.3 Å². The van der Waals surface area contributed by atoms with Crippen LogP contribution in [0.15, 0.2) is 243 Å². The summed E-state index contributed by atoms with van der Waals surface area (Å²) in [6.45, 7) is 16.1. The second kappa shape index (κ2) is 55.7. The van der Waals surface area contributed by atoms with E-state index in [1.54, 1.807) is 0 Å². The SMILES string of the molecule is CC(C)C(N)CC[C@H](N)CNC(CCc1ccccc1)CCc1ccccc1.CC(C)C(N)CC[C@H](N)CNCC(CCc1ccccc1)CCc1ccccc1.CCC(N)COCC(CCc1ccccc1)CCc1ccccc1.NCC(N)COC(CCc1ccccc1)CCc1ccccc1. The van der Waals surface area contributed by atoms with Crippen LogP contribution in [0, 0.1) is 23.7 Å². The third-order valence-corrected chi connectivity index (χ3v) is 20.2. The van der Waals surface area contributed by atoms with Crippen molar-refractivity contribution < 1.29 is 9.47 Å². The highest BCUT2D eigenvalue weighted by Gasteiger charge is 2.18. The van der Waals surface area contributed by atoms with E-state index in [2.05, 4.69) is 276 Å². The maximum atomic E-state index is 6.37. The summed E-state index contributed by atoms with van der Waals surface area (Å²) in [6.07, 6.45) is 22.9. The summed E-state index contributed by atoms with van der Waals surface area (Å²) < 4.78 is 11.9. The van der Waals surface area contributed by atoms with E-state index in [0.717, 1.165) is 148 Å². The molecule has 0 bridgehead atoms. The molecule has 568 valence electrons. The molecule has 0 aromatic heterocycles. The molecule has 0 heterocycles. The van der Waals surface area contributed by atoms with Crippen molar-refractivity contribution in [3.8, 4) is 0 Å². The predicted molar refractivity (Wildman–Crippen MR) is 446 cm³/mol. The molecule has 6 atom stereocenters. The molecule has 11 heteroatoms. The molecule has 104 heavy (non-hydrogen) atoms. The van der Waals surface area contributed by atoms with Gasteiger partial charge in [-0.25, -0.2) is 0 Å². The van der Waals surface area contributed by atoms with Crippen molar-refractivity contribution >= 4 is 0 Å². The number of rotatable bonds is 48. The van der Waals surface area contributed by atoms with Crippen LogP contribution in [0.3, 0.4) is 0 Å². The van der Waals surface area contributed by atoms with E-state index in [0.29, 0.717) is 49.5 Å². The van der Waals surface area contributed by atoms with Gasteiger partial charge >= 0.3 is 0 Å². The van der Waals surface area contributed by atoms with Gasteiger partial charge in [0.15, 0.2) is 0 Å². The van der Waals surface area contributed by atoms with Crippen LogP contribution in [0.4, 0.5) is 0 Å². The average Bonchev–Trinajstić information content (AvgIpc) is 1.05. The van der Waals surface area contributed by atoms with Gasteiger partial charge in [-0.1, -0.05) is 277 Å². The van der Waals surface area contributed by atoms with E-state index in [1.807, 2.05) is 12.1 Å². The van der Waals surface area contributed by atoms with Crippen LogP contribution in [-0.2, 0) is 60.8 Å². The Hall–Kier alpha value is -6.68. The highest BCUT2D eigenvalue weighted by molar-refractivity contribution is 5.21. The van der Waals surface area contributed by atoms with E-state index in [-0.39, 0.29) is 42.4 Å². The molecule has 0 radical (unpaired) electrons. The highest BCUT2D eigenvalue weighted by atomic mass is 16.5. The molecule has 0 spiro atoms. The van der Waals surface area contributed by atoms with Crippen molar-refractivity contribution in [1.82, 2.24) is 10.6 Å². The largest absolute Gasteiger partial charge is 0.380 e. The first-order chi connectivity index (χ1) is 50.6. The van der Waals surface area contributed by atoms with Crippen molar-refractivity contribution in [3.63, 3.8) is 0 Å². The van der Waals surface area contributed by atoms with Gasteiger partial charge in [-0.3, -0.25) is 0 Å². The number of aryl methyl sites for hydroxylation is 8. The molecule has 0 aliphatic heterocycles. The maximum absolute atomic E-state index is 6.37. The lowest BCUT2D eigenvalue weighted by Crippen LogP contribution is -2.41. The Morgan fingerprint density at radius 3 is 0.904 bits per heavy atom. The molecule has 0 aliphatic rings. The fourth-order valence-electron chi connectivity index (χ4n) is 12.6. The zero-order valence-electron chi connectivity index (χ0n) is 64.7. The molecule has 16 N–H and O–H groups in total. The van der Waals surface area contributed by atoms with Gasteiger partial charge in [-0.15, -0.1) is 0 Å². The third-order valence-electron chi connectivity index (χ3n) is 20.2. The van der Waals surface area contributed by atoms with Crippen molar-refractivity contribution in [2.24, 2.45) is 63.8 Å². The molecule has 0 fully saturated rings. The Morgan fingerprint density at radius 1 is 0.298 bits per heavy atom. The van der Waals surface area contributed by atoms with Gasteiger partial charge < -0.3 is 60.2 Å². The Morgan fingerprint density at radius 2 is 0.596 bits per heavy atom. The molecular weight excluding hydrogens is 1280 g/mol. The Balaban J connectivity index is 0.000000250. The summed E-state index contributed by atoms with van der Waals surface area (Å²) in [6, 6.07) is 87.1. The van der Waals surface area contributed by atoms with Gasteiger partial charge in [0.1, 0.15) is 0 Å². The fourth-order valence-corrected chi connectivity index (χ4v) is 12.6. The van der Waals surface area contributed by atoms with Crippen LogP contribution in [0.2, 0.25) is 0 Å². The van der Waals surface area contributed by atoms with Gasteiger partial charge in [0.25, 0.3) is 0 Å². The summed E-state index contributed by atoms with van der Waals surface area (Å²) in [7, 11) is 0. The molecule has 0 amide bonds. The molecule has 11 nitrogen and oxygen atoms in total. The van der Waals surface area contributed by atoms with E-state index in [1.165, 1.54) is 57.3 Å². The second-order valence-corrected chi connectivity index (χ2v) is 29.8. The van der Waals surface area contributed by atoms with Crippen molar-refractivity contribution in [2.45, 2.75) is 218 Å². The molecule has 8 aromatic rings. The molecule has 8 rings (SSSR count). The number of nitrogens with one attached hydrogen (secondary N) is 2. The fraction of sp³-hybridized carbons (Fsp3) is 0.484. The van der Waals surface area contributed by atoms with Crippen LogP contribution in [0.5, 0.6) is 0 Å². The first-order valence-corrected chi connectivity index (χ1v) is 39.8. The van der Waals surface area contributed by atoms with Gasteiger partial charge in [0.2, 0.25) is 0 Å². The van der Waals surface area contributed by atoms with Crippen LogP contribution in [0.25, 0.3) is 0 Å². The minimum atomic E-state index is -0.0778. The lowest BCUT2D eigenvalue weighted by atomic mass is 9.93. The minimum absolute atomic E-state index is 0.0778. The van der Waals surface area contributed by atoms with Gasteiger partial charge in [-0.05, 0) is 210 Å². The normalized spacial score (nSPS) is 13.2. The minimum Gasteiger partial charge on any atom is -0.380 e. The first-order valence-electron chi connectivity index (χ1n) is 39.8. The lowest BCUT2D eigenvalue weighted by molar-refractivity contribution is 0.0347. The van der Waals surface area contributed by atoms with Crippen molar-refractivity contribution in [3.05, 3.63) is 287 Å². The summed E-state index contributed by atoms with van der Waals surface area (Å²) in [5, 5.41) is 7.39. The topological polar surface area (TPSA) is 225 Å². The Labute approximate surface area is 631 Å². The molecule has 0 saturated carbocycles. The Bertz CT molecular complexity index is 3040. The summed E-state index contributed by atoms with van der Waals surface area (Å²) >= 11 is 0. The van der Waals surface area contributed by atoms with Crippen molar-refractivity contribution in [1.29, 1.82) is 0 Å². The van der Waals surface area contributed by atoms with Crippen LogP contribution < -0.4 is 50.8 Å². The number of nitrogens with two attached hydrogens (primary N) is 7. The number of hydrogen-bond acceptors (Lipinski definition) is 11. The zero-order chi connectivity index (χ0) is 74.5. The third kappa shape index (κ3) is 42.5. The van der Waals surface area contributed by atoms with E-state index >= 15 is 0 Å². The zero-order valence-corrected chi connectivity index (χ0v) is 64.7. The molecule has 8 aromatic carbocycles. The predicted octanol–water partition coefficient (Wildman–Crippen LogP) is 16.4. The summed E-state index contributed by atoms with van der Waals surface area (Å²) in [5.74, 6) is 2.27. The van der Waals surface area contributed by atoms with E-state index < -0.39 is 0 Å². The molecule has 0 saturated heterocycles. The number of benzene rings is 8. The summed E-state index contributed by atoms with van der Waals surface area (Å²) in [5.41, 5.74) is 53.6. The van der Waals surface area contributed by atoms with Crippen LogP contribution >= 0.6 is 0 Å². The molecule has 0 aliphatic carbocycles. The first kappa shape index (κ1) is 88.0. The number of ether oxygens (including phenoxy) is 2.